The van der Waals surface area contributed by atoms with Crippen molar-refractivity contribution in [2.45, 2.75) is 51.1 Å². The van der Waals surface area contributed by atoms with E-state index in [1.165, 1.54) is 11.1 Å². The predicted molar refractivity (Wildman–Crippen MR) is 94.1 cm³/mol. The fourth-order valence-electron chi connectivity index (χ4n) is 2.90. The molecule has 0 N–H and O–H groups in total. The van der Waals surface area contributed by atoms with Gasteiger partial charge < -0.3 is 0 Å². The zero-order valence-electron chi connectivity index (χ0n) is 13.9. The van der Waals surface area contributed by atoms with Crippen molar-refractivity contribution in [3.8, 4) is 0 Å². The number of rotatable bonds is 1. The Kier molecular flexibility index (Phi) is 7.04. The second kappa shape index (κ2) is 6.90. The molecule has 0 fully saturated rings. The van der Waals surface area contributed by atoms with E-state index < -0.39 is 0 Å². The summed E-state index contributed by atoms with van der Waals surface area (Å²) >= 11 is 1.60. The van der Waals surface area contributed by atoms with E-state index in [-0.39, 0.29) is 38.8 Å². The smallest absolute Gasteiger partial charge is 0.147 e. The van der Waals surface area contributed by atoms with Crippen LogP contribution in [0.3, 0.4) is 0 Å². The van der Waals surface area contributed by atoms with E-state index in [9.17, 15) is 0 Å². The normalized spacial score (nSPS) is 24.7. The Balaban J connectivity index is 0.00000200. The zero-order valence-corrected chi connectivity index (χ0v) is 18.0. The average Bonchev–Trinajstić information content (AvgIpc) is 2.81. The van der Waals surface area contributed by atoms with Crippen LogP contribution in [0.2, 0.25) is 3.12 Å². The quantitative estimate of drug-likeness (QED) is 0.475. The Morgan fingerprint density at radius 1 is 1.05 bits per heavy atom. The Morgan fingerprint density at radius 2 is 1.62 bits per heavy atom. The van der Waals surface area contributed by atoms with E-state index >= 15 is 0 Å². The molecule has 0 bridgehead atoms. The third-order valence-electron chi connectivity index (χ3n) is 4.25. The third kappa shape index (κ3) is 3.85. The maximum Gasteiger partial charge on any atom is -0.147 e. The summed E-state index contributed by atoms with van der Waals surface area (Å²) in [7, 11) is 0. The van der Waals surface area contributed by atoms with Crippen molar-refractivity contribution < 1.29 is 24.7 Å². The second-order valence-electron chi connectivity index (χ2n) is 7.75. The Bertz CT molecular complexity index is 510. The molecule has 0 aromatic rings. The van der Waals surface area contributed by atoms with Gasteiger partial charge in [0.1, 0.15) is 0 Å². The summed E-state index contributed by atoms with van der Waals surface area (Å²) in [5, 5.41) is 0. The van der Waals surface area contributed by atoms with Gasteiger partial charge in [-0.2, -0.15) is 0 Å². The third-order valence-corrected chi connectivity index (χ3v) is 7.11. The molecule has 2 aliphatic rings. The molecule has 0 radical (unpaired) electrons. The van der Waals surface area contributed by atoms with E-state index in [2.05, 4.69) is 71.9 Å². The summed E-state index contributed by atoms with van der Waals surface area (Å²) in [5.74, 6) is 0. The monoisotopic (exact) mass is 403 g/mol. The maximum absolute atomic E-state index is 2.47. The summed E-state index contributed by atoms with van der Waals surface area (Å²) in [5.41, 5.74) is 5.17. The van der Waals surface area contributed by atoms with Crippen molar-refractivity contribution in [1.29, 1.82) is 0 Å². The van der Waals surface area contributed by atoms with Gasteiger partial charge in [0.2, 0.25) is 0 Å². The van der Waals surface area contributed by atoms with Crippen LogP contribution in [-0.2, 0) is 24.7 Å². The second-order valence-corrected chi connectivity index (χ2v) is 9.69. The van der Waals surface area contributed by atoms with Crippen LogP contribution in [-0.4, -0.2) is 0 Å². The van der Waals surface area contributed by atoms with Crippen LogP contribution in [0.1, 0.15) is 48.0 Å². The minimum absolute atomic E-state index is 0. The topological polar surface area (TPSA) is 0 Å². The van der Waals surface area contributed by atoms with Crippen LogP contribution in [0.25, 0.3) is 0 Å². The first-order valence-electron chi connectivity index (χ1n) is 7.13. The summed E-state index contributed by atoms with van der Waals surface area (Å²) < 4.78 is 0.222. The molecule has 0 aromatic carbocycles. The first kappa shape index (κ1) is 21.4. The molecule has 1 atom stereocenters. The van der Waals surface area contributed by atoms with Crippen LogP contribution in [0, 0.1) is 10.8 Å². The molecular formula is C18H27Cl2Zr. The van der Waals surface area contributed by atoms with Crippen molar-refractivity contribution in [1.82, 2.24) is 0 Å². The van der Waals surface area contributed by atoms with Gasteiger partial charge in [0.15, 0.2) is 0 Å². The SMILES string of the molecule is CC(C)(C)C1=C(C2=CC=CC2)[C]([Zr])(C(C)(C)C)C=C1.Cl.Cl. The molecule has 0 saturated heterocycles. The van der Waals surface area contributed by atoms with Gasteiger partial charge in [-0.25, -0.2) is 0 Å². The molecule has 2 rings (SSSR count). The zero-order chi connectivity index (χ0) is 14.5. The van der Waals surface area contributed by atoms with Crippen LogP contribution >= 0.6 is 24.8 Å². The molecule has 2 aliphatic carbocycles. The van der Waals surface area contributed by atoms with Crippen molar-refractivity contribution >= 4 is 24.8 Å². The number of allylic oxidation sites excluding steroid dienone is 8. The average molecular weight is 406 g/mol. The van der Waals surface area contributed by atoms with Crippen LogP contribution in [0.4, 0.5) is 0 Å². The minimum Gasteiger partial charge on any atom is -0.147 e. The molecule has 1 unspecified atom stereocenters. The summed E-state index contributed by atoms with van der Waals surface area (Å²) in [6.45, 7) is 14.1. The van der Waals surface area contributed by atoms with E-state index in [4.69, 9.17) is 0 Å². The largest absolute Gasteiger partial charge is 0.147 e. The Hall–Kier alpha value is 0.423. The number of halogens is 2. The van der Waals surface area contributed by atoms with Crippen molar-refractivity contribution in [3.05, 3.63) is 47.1 Å². The Labute approximate surface area is 157 Å². The summed E-state index contributed by atoms with van der Waals surface area (Å²) in [6, 6.07) is 0. The van der Waals surface area contributed by atoms with Crippen molar-refractivity contribution in [2.24, 2.45) is 10.8 Å². The summed E-state index contributed by atoms with van der Waals surface area (Å²) in [4.78, 5) is 0. The van der Waals surface area contributed by atoms with E-state index in [0.717, 1.165) is 6.42 Å². The van der Waals surface area contributed by atoms with Gasteiger partial charge in [-0.05, 0) is 0 Å². The fourth-order valence-corrected chi connectivity index (χ4v) is 3.83. The van der Waals surface area contributed by atoms with Crippen LogP contribution in [0.5, 0.6) is 0 Å². The summed E-state index contributed by atoms with van der Waals surface area (Å²) in [6.07, 6.45) is 12.8. The van der Waals surface area contributed by atoms with Gasteiger partial charge in [0, 0.05) is 0 Å². The van der Waals surface area contributed by atoms with E-state index in [0.29, 0.717) is 0 Å². The van der Waals surface area contributed by atoms with Crippen molar-refractivity contribution in [3.63, 3.8) is 0 Å². The van der Waals surface area contributed by atoms with Gasteiger partial charge in [-0.1, -0.05) is 0 Å². The molecule has 0 saturated carbocycles. The van der Waals surface area contributed by atoms with Gasteiger partial charge in [0.05, 0.1) is 0 Å². The van der Waals surface area contributed by atoms with E-state index in [1.54, 1.807) is 30.3 Å². The van der Waals surface area contributed by atoms with Gasteiger partial charge in [-0.3, -0.25) is 0 Å². The standard InChI is InChI=1S/C18H25.2ClH.Zr/c1-17(2,3)14-11-12-15(18(4,5)6)16(14)13-9-7-8-10-13;;;/h7-9,11-12H,10H2,1-6H3;2*1H;. The molecule has 117 valence electrons. The molecule has 3 heteroatoms. The number of hydrogen-bond donors (Lipinski definition) is 0. The molecule has 0 aliphatic heterocycles. The van der Waals surface area contributed by atoms with Gasteiger partial charge in [0.25, 0.3) is 0 Å². The van der Waals surface area contributed by atoms with Crippen LogP contribution < -0.4 is 0 Å². The molecule has 0 nitrogen and oxygen atoms in total. The minimum atomic E-state index is 0. The van der Waals surface area contributed by atoms with Crippen LogP contribution in [0.15, 0.2) is 47.1 Å². The Morgan fingerprint density at radius 3 is 2.00 bits per heavy atom. The predicted octanol–water partition coefficient (Wildman–Crippen LogP) is 6.38. The van der Waals surface area contributed by atoms with E-state index in [1.807, 2.05) is 0 Å². The molecule has 0 heterocycles. The molecular weight excluding hydrogens is 378 g/mol. The molecule has 0 aromatic heterocycles. The first-order valence-corrected chi connectivity index (χ1v) is 8.36. The van der Waals surface area contributed by atoms with Crippen molar-refractivity contribution in [2.75, 3.05) is 0 Å². The fraction of sp³-hybridized carbons (Fsp3) is 0.556. The maximum atomic E-state index is 2.47. The molecule has 0 amide bonds. The molecule has 0 spiro atoms. The molecule has 21 heavy (non-hydrogen) atoms. The van der Waals surface area contributed by atoms with Gasteiger partial charge >= 0.3 is 134 Å². The number of hydrogen-bond acceptors (Lipinski definition) is 0. The first-order chi connectivity index (χ1) is 8.57. The van der Waals surface area contributed by atoms with Gasteiger partial charge in [-0.15, -0.1) is 24.8 Å².